The number of carbonyl (C=O) groups is 2. The number of hydrogen-bond acceptors (Lipinski definition) is 8. The van der Waals surface area contributed by atoms with Gasteiger partial charge in [-0.2, -0.15) is 0 Å². The molecule has 0 aliphatic heterocycles. The summed E-state index contributed by atoms with van der Waals surface area (Å²) in [6.45, 7) is 3.67. The van der Waals surface area contributed by atoms with Gasteiger partial charge >= 0.3 is 19.8 Å². The molecule has 9 nitrogen and oxygen atoms in total. The normalized spacial score (nSPS) is 13.4. The number of allylic oxidation sites excluding steroid dienone is 12. The lowest BCUT2D eigenvalue weighted by Gasteiger charge is -2.19. The Morgan fingerprint density at radius 3 is 1.01 bits per heavy atom. The lowest BCUT2D eigenvalue weighted by molar-refractivity contribution is -0.161. The van der Waals surface area contributed by atoms with E-state index in [0.29, 0.717) is 6.42 Å². The zero-order valence-corrected chi connectivity index (χ0v) is 53.9. The molecule has 0 spiro atoms. The molecule has 0 aromatic rings. The first kappa shape index (κ1) is 78.5. The monoisotopic (exact) mass is 1160 g/mol. The predicted octanol–water partition coefficient (Wildman–Crippen LogP) is 22.4. The number of rotatable bonds is 65. The van der Waals surface area contributed by atoms with E-state index < -0.39 is 26.5 Å². The van der Waals surface area contributed by atoms with Gasteiger partial charge in [-0.15, -0.1) is 0 Å². The molecule has 0 radical (unpaired) electrons. The van der Waals surface area contributed by atoms with Crippen LogP contribution in [-0.2, 0) is 32.7 Å². The van der Waals surface area contributed by atoms with E-state index in [1.54, 1.807) is 0 Å². The van der Waals surface area contributed by atoms with E-state index in [-0.39, 0.29) is 38.6 Å². The van der Waals surface area contributed by atoms with Crippen molar-refractivity contribution >= 4 is 19.8 Å². The van der Waals surface area contributed by atoms with Gasteiger partial charge in [0.2, 0.25) is 0 Å². The fourth-order valence-corrected chi connectivity index (χ4v) is 10.8. The van der Waals surface area contributed by atoms with Crippen molar-refractivity contribution < 1.29 is 37.6 Å². The molecule has 0 fully saturated rings. The minimum atomic E-state index is -4.39. The molecule has 2 unspecified atom stereocenters. The minimum Gasteiger partial charge on any atom is -0.462 e. The lowest BCUT2D eigenvalue weighted by Crippen LogP contribution is -2.29. The van der Waals surface area contributed by atoms with Crippen LogP contribution < -0.4 is 5.73 Å². The first-order valence-corrected chi connectivity index (χ1v) is 35.9. The Morgan fingerprint density at radius 1 is 0.383 bits per heavy atom. The SMILES string of the molecule is CC/C=C\C/C=C\C/C=C\C/C=C\CCCCCCCCCCCCCCCCCCCCCCCCCCC(=O)OC(COC(=O)CCCCCCCCCCCCC/C=C\C/C=C\CCCCCCC)COP(=O)(O)OCCN. The molecule has 0 bridgehead atoms. The molecule has 10 heteroatoms. The van der Waals surface area contributed by atoms with E-state index in [4.69, 9.17) is 24.3 Å². The smallest absolute Gasteiger partial charge is 0.462 e. The van der Waals surface area contributed by atoms with Gasteiger partial charge in [-0.3, -0.25) is 18.6 Å². The van der Waals surface area contributed by atoms with Crippen molar-refractivity contribution in [3.63, 3.8) is 0 Å². The molecular weight excluding hydrogens is 1030 g/mol. The van der Waals surface area contributed by atoms with Gasteiger partial charge in [0, 0.05) is 19.4 Å². The molecule has 0 rings (SSSR count). The van der Waals surface area contributed by atoms with Crippen molar-refractivity contribution in [1.29, 1.82) is 0 Å². The Labute approximate surface area is 501 Å². The molecule has 0 amide bonds. The van der Waals surface area contributed by atoms with Crippen molar-refractivity contribution in [1.82, 2.24) is 0 Å². The first-order valence-electron chi connectivity index (χ1n) is 34.4. The number of hydrogen-bond donors (Lipinski definition) is 2. The number of unbranched alkanes of at least 4 members (excludes halogenated alkanes) is 40. The second-order valence-electron chi connectivity index (χ2n) is 23.0. The van der Waals surface area contributed by atoms with Gasteiger partial charge in [-0.1, -0.05) is 311 Å². The fraction of sp³-hybridized carbons (Fsp3) is 0.803. The molecule has 0 aliphatic carbocycles. The molecule has 0 saturated heterocycles. The summed E-state index contributed by atoms with van der Waals surface area (Å²) in [7, 11) is -4.39. The van der Waals surface area contributed by atoms with Crippen LogP contribution in [0.4, 0.5) is 0 Å². The molecular formula is C71H130NO8P. The van der Waals surface area contributed by atoms with Gasteiger partial charge in [0.25, 0.3) is 0 Å². The van der Waals surface area contributed by atoms with Gasteiger partial charge in [0.15, 0.2) is 6.10 Å². The summed E-state index contributed by atoms with van der Waals surface area (Å²) >= 11 is 0. The quantitative estimate of drug-likeness (QED) is 0.0264. The Hall–Kier alpha value is -2.55. The number of phosphoric acid groups is 1. The number of nitrogens with two attached hydrogens (primary N) is 1. The molecule has 0 heterocycles. The van der Waals surface area contributed by atoms with E-state index in [2.05, 4.69) is 86.8 Å². The lowest BCUT2D eigenvalue weighted by atomic mass is 10.0. The van der Waals surface area contributed by atoms with E-state index in [1.807, 2.05) is 0 Å². The molecule has 472 valence electrons. The predicted molar refractivity (Wildman–Crippen MR) is 349 cm³/mol. The molecule has 2 atom stereocenters. The highest BCUT2D eigenvalue weighted by molar-refractivity contribution is 7.47. The first-order chi connectivity index (χ1) is 39.8. The zero-order chi connectivity index (χ0) is 58.7. The summed E-state index contributed by atoms with van der Waals surface area (Å²) in [6.07, 6.45) is 87.1. The van der Waals surface area contributed by atoms with E-state index in [0.717, 1.165) is 64.2 Å². The van der Waals surface area contributed by atoms with Crippen LogP contribution in [0.2, 0.25) is 0 Å². The largest absolute Gasteiger partial charge is 0.472 e. The van der Waals surface area contributed by atoms with E-state index in [1.165, 1.54) is 238 Å². The summed E-state index contributed by atoms with van der Waals surface area (Å²) in [5.41, 5.74) is 5.40. The van der Waals surface area contributed by atoms with Crippen LogP contribution in [-0.4, -0.2) is 49.3 Å². The average Bonchev–Trinajstić information content (AvgIpc) is 3.46. The third-order valence-electron chi connectivity index (χ3n) is 15.1. The molecule has 0 saturated carbocycles. The van der Waals surface area contributed by atoms with Gasteiger partial charge in [-0.05, 0) is 83.5 Å². The van der Waals surface area contributed by atoms with E-state index >= 15 is 0 Å². The van der Waals surface area contributed by atoms with Gasteiger partial charge < -0.3 is 20.1 Å². The Kier molecular flexibility index (Phi) is 64.5. The van der Waals surface area contributed by atoms with Crippen LogP contribution in [0.5, 0.6) is 0 Å². The van der Waals surface area contributed by atoms with Crippen LogP contribution in [0, 0.1) is 0 Å². The van der Waals surface area contributed by atoms with Crippen molar-refractivity contribution in [2.24, 2.45) is 5.73 Å². The summed E-state index contributed by atoms with van der Waals surface area (Å²) < 4.78 is 33.2. The Balaban J connectivity index is 3.82. The molecule has 3 N–H and O–H groups in total. The number of phosphoric ester groups is 1. The highest BCUT2D eigenvalue weighted by Gasteiger charge is 2.26. The van der Waals surface area contributed by atoms with Crippen LogP contribution in [0.25, 0.3) is 0 Å². The van der Waals surface area contributed by atoms with Crippen LogP contribution in [0.3, 0.4) is 0 Å². The van der Waals surface area contributed by atoms with Crippen LogP contribution in [0.15, 0.2) is 72.9 Å². The maximum absolute atomic E-state index is 12.8. The Morgan fingerprint density at radius 2 is 0.679 bits per heavy atom. The maximum atomic E-state index is 12.8. The molecule has 0 aromatic heterocycles. The van der Waals surface area contributed by atoms with Crippen LogP contribution in [0.1, 0.15) is 335 Å². The van der Waals surface area contributed by atoms with E-state index in [9.17, 15) is 19.0 Å². The van der Waals surface area contributed by atoms with Gasteiger partial charge in [-0.25, -0.2) is 4.57 Å². The third-order valence-corrected chi connectivity index (χ3v) is 16.1. The standard InChI is InChI=1S/C71H130NO8P/c1-3-5-7-9-11-13-15-17-19-21-23-25-27-28-29-30-31-32-33-34-35-36-37-38-39-40-42-44-46-48-50-52-54-56-58-60-62-64-71(74)80-69(68-79-81(75,76)78-66-65-72)67-77-70(73)63-61-59-57-55-53-51-49-47-45-43-41-26-24-22-20-18-16-14-12-10-8-6-4-2/h5,7,11,13,16-19,22-25,69H,3-4,6,8-10,12,14-15,20-21,26-68,72H2,1-2H3,(H,75,76)/b7-5-,13-11-,18-16-,19-17-,24-22-,25-23-. The van der Waals surface area contributed by atoms with Crippen LogP contribution >= 0.6 is 7.82 Å². The molecule has 81 heavy (non-hydrogen) atoms. The third kappa shape index (κ3) is 66.5. The summed E-state index contributed by atoms with van der Waals surface area (Å²) in [4.78, 5) is 35.3. The Bertz CT molecular complexity index is 1560. The summed E-state index contributed by atoms with van der Waals surface area (Å²) in [5.74, 6) is -0.815. The fourth-order valence-electron chi connectivity index (χ4n) is 10.0. The van der Waals surface area contributed by atoms with Crippen molar-refractivity contribution in [2.75, 3.05) is 26.4 Å². The summed E-state index contributed by atoms with van der Waals surface area (Å²) in [5, 5.41) is 0. The minimum absolute atomic E-state index is 0.0534. The average molecular weight is 1160 g/mol. The second kappa shape index (κ2) is 66.6. The summed E-state index contributed by atoms with van der Waals surface area (Å²) in [6, 6.07) is 0. The van der Waals surface area contributed by atoms with Crippen molar-refractivity contribution in [3.05, 3.63) is 72.9 Å². The maximum Gasteiger partial charge on any atom is 0.472 e. The second-order valence-corrected chi connectivity index (χ2v) is 24.5. The van der Waals surface area contributed by atoms with Crippen molar-refractivity contribution in [3.8, 4) is 0 Å². The van der Waals surface area contributed by atoms with Gasteiger partial charge in [0.05, 0.1) is 13.2 Å². The topological polar surface area (TPSA) is 134 Å². The highest BCUT2D eigenvalue weighted by atomic mass is 31.2. The number of ether oxygens (including phenoxy) is 2. The number of carbonyl (C=O) groups excluding carboxylic acids is 2. The molecule has 0 aliphatic rings. The van der Waals surface area contributed by atoms with Crippen molar-refractivity contribution in [2.45, 2.75) is 341 Å². The highest BCUT2D eigenvalue weighted by Crippen LogP contribution is 2.43. The number of esters is 2. The van der Waals surface area contributed by atoms with Gasteiger partial charge in [0.1, 0.15) is 6.61 Å². The molecule has 0 aromatic carbocycles. The zero-order valence-electron chi connectivity index (χ0n) is 53.0.